The number of ether oxygens (including phenoxy) is 1. The van der Waals surface area contributed by atoms with E-state index in [1.807, 2.05) is 37.3 Å². The smallest absolute Gasteiger partial charge is 0.410 e. The van der Waals surface area contributed by atoms with Crippen molar-refractivity contribution >= 4 is 23.6 Å². The third-order valence-corrected chi connectivity index (χ3v) is 6.91. The van der Waals surface area contributed by atoms with Crippen LogP contribution in [0.25, 0.3) is 0 Å². The number of para-hydroxylation sites is 1. The van der Waals surface area contributed by atoms with Gasteiger partial charge in [-0.2, -0.15) is 0 Å². The Hall–Kier alpha value is -2.81. The van der Waals surface area contributed by atoms with Gasteiger partial charge in [0.25, 0.3) is 0 Å². The minimum atomic E-state index is -0.971. The number of hydrogen-bond acceptors (Lipinski definition) is 6. The van der Waals surface area contributed by atoms with Crippen LogP contribution in [-0.2, 0) is 14.3 Å². The van der Waals surface area contributed by atoms with E-state index in [2.05, 4.69) is 4.90 Å². The number of piperazine rings is 1. The fraction of sp³-hybridized carbons (Fsp3) is 0.609. The average molecular weight is 445 g/mol. The summed E-state index contributed by atoms with van der Waals surface area (Å²) in [6.45, 7) is 4.91. The van der Waals surface area contributed by atoms with Crippen molar-refractivity contribution in [1.82, 2.24) is 15.3 Å². The largest absolute Gasteiger partial charge is 0.449 e. The highest BCUT2D eigenvalue weighted by Crippen LogP contribution is 2.55. The molecule has 1 aliphatic carbocycles. The first kappa shape index (κ1) is 22.4. The summed E-state index contributed by atoms with van der Waals surface area (Å²) in [6.07, 6.45) is 2.39. The second-order valence-corrected chi connectivity index (χ2v) is 9.12. The highest BCUT2D eigenvalue weighted by molar-refractivity contribution is 5.93. The topological polar surface area (TPSA) is 102 Å². The number of hydrogen-bond donors (Lipinski definition) is 2. The summed E-state index contributed by atoms with van der Waals surface area (Å²) in [5.41, 5.74) is 2.67. The zero-order valence-corrected chi connectivity index (χ0v) is 18.5. The molecule has 2 heterocycles. The van der Waals surface area contributed by atoms with Crippen LogP contribution in [0.3, 0.4) is 0 Å². The van der Waals surface area contributed by atoms with E-state index >= 15 is 0 Å². The maximum atomic E-state index is 13.6. The standard InChI is InChI=1S/C23H32N4O5/c1-2-14-32-22(30)27-16-23(8-9-23)15-18(20(28)24-31)19(27)21(29)26-12-10-25(11-13-26)17-6-4-3-5-7-17/h3-7,18-19,31H,2,8-16H2,1H3,(H,24,28)/t18-,19-/m0/s1. The fourth-order valence-electron chi connectivity index (χ4n) is 4.94. The Morgan fingerprint density at radius 3 is 2.41 bits per heavy atom. The fourth-order valence-corrected chi connectivity index (χ4v) is 4.94. The average Bonchev–Trinajstić information content (AvgIpc) is 3.59. The second kappa shape index (κ2) is 9.36. The number of anilines is 1. The van der Waals surface area contributed by atoms with Crippen molar-refractivity contribution in [2.75, 3.05) is 44.2 Å². The molecule has 3 amide bonds. The van der Waals surface area contributed by atoms with Crippen LogP contribution < -0.4 is 10.4 Å². The summed E-state index contributed by atoms with van der Waals surface area (Å²) in [5, 5.41) is 9.35. The molecule has 1 spiro atoms. The van der Waals surface area contributed by atoms with Crippen LogP contribution in [0.5, 0.6) is 0 Å². The number of piperidine rings is 1. The van der Waals surface area contributed by atoms with E-state index in [4.69, 9.17) is 4.74 Å². The lowest BCUT2D eigenvalue weighted by molar-refractivity contribution is -0.150. The van der Waals surface area contributed by atoms with Crippen LogP contribution in [0.4, 0.5) is 10.5 Å². The van der Waals surface area contributed by atoms with Crippen molar-refractivity contribution in [2.45, 2.75) is 38.6 Å². The van der Waals surface area contributed by atoms with Gasteiger partial charge < -0.3 is 14.5 Å². The summed E-state index contributed by atoms with van der Waals surface area (Å²) in [5.74, 6) is -1.68. The van der Waals surface area contributed by atoms with Crippen LogP contribution in [0, 0.1) is 11.3 Å². The van der Waals surface area contributed by atoms with Gasteiger partial charge in [-0.05, 0) is 43.2 Å². The van der Waals surface area contributed by atoms with E-state index in [1.165, 1.54) is 4.90 Å². The Bertz CT molecular complexity index is 836. The van der Waals surface area contributed by atoms with Crippen LogP contribution in [0.15, 0.2) is 30.3 Å². The molecule has 2 N–H and O–H groups in total. The van der Waals surface area contributed by atoms with Gasteiger partial charge in [0.05, 0.1) is 12.5 Å². The van der Waals surface area contributed by atoms with Gasteiger partial charge in [-0.15, -0.1) is 0 Å². The molecule has 2 atom stereocenters. The second-order valence-electron chi connectivity index (χ2n) is 9.12. The molecule has 0 radical (unpaired) electrons. The molecule has 0 aromatic heterocycles. The first-order valence-electron chi connectivity index (χ1n) is 11.4. The number of amides is 3. The summed E-state index contributed by atoms with van der Waals surface area (Å²) in [4.78, 5) is 44.5. The lowest BCUT2D eigenvalue weighted by Gasteiger charge is -2.45. The summed E-state index contributed by atoms with van der Waals surface area (Å²) in [7, 11) is 0. The van der Waals surface area contributed by atoms with Gasteiger partial charge in [-0.1, -0.05) is 25.1 Å². The van der Waals surface area contributed by atoms with Crippen LogP contribution >= 0.6 is 0 Å². The van der Waals surface area contributed by atoms with Gasteiger partial charge >= 0.3 is 6.09 Å². The molecule has 32 heavy (non-hydrogen) atoms. The van der Waals surface area contributed by atoms with Crippen molar-refractivity contribution in [3.05, 3.63) is 30.3 Å². The van der Waals surface area contributed by atoms with Gasteiger partial charge in [0.15, 0.2) is 0 Å². The Kier molecular flexibility index (Phi) is 6.55. The van der Waals surface area contributed by atoms with Gasteiger partial charge in [-0.3, -0.25) is 19.7 Å². The van der Waals surface area contributed by atoms with Gasteiger partial charge in [-0.25, -0.2) is 10.3 Å². The molecule has 9 heteroatoms. The highest BCUT2D eigenvalue weighted by Gasteiger charge is 2.57. The van der Waals surface area contributed by atoms with Gasteiger partial charge in [0.1, 0.15) is 6.04 Å². The molecule has 174 valence electrons. The van der Waals surface area contributed by atoms with E-state index in [0.29, 0.717) is 45.6 Å². The first-order chi connectivity index (χ1) is 15.5. The summed E-state index contributed by atoms with van der Waals surface area (Å²) < 4.78 is 5.37. The Morgan fingerprint density at radius 1 is 1.12 bits per heavy atom. The third-order valence-electron chi connectivity index (χ3n) is 6.91. The van der Waals surface area contributed by atoms with Crippen molar-refractivity contribution in [3.63, 3.8) is 0 Å². The van der Waals surface area contributed by atoms with Gasteiger partial charge in [0.2, 0.25) is 11.8 Å². The monoisotopic (exact) mass is 444 g/mol. The zero-order valence-electron chi connectivity index (χ0n) is 18.5. The molecule has 0 unspecified atom stereocenters. The zero-order chi connectivity index (χ0) is 22.7. The van der Waals surface area contributed by atoms with E-state index < -0.39 is 24.0 Å². The number of hydroxylamine groups is 1. The molecule has 1 aromatic carbocycles. The number of carbonyl (C=O) groups excluding carboxylic acids is 3. The van der Waals surface area contributed by atoms with Crippen molar-refractivity contribution in [2.24, 2.45) is 11.3 Å². The Morgan fingerprint density at radius 2 is 1.81 bits per heavy atom. The SMILES string of the molecule is CCCOC(=O)N1CC2(CC2)C[C@H](C(=O)NO)[C@H]1C(=O)N1CCN(c2ccccc2)CC1. The molecule has 9 nitrogen and oxygen atoms in total. The third kappa shape index (κ3) is 4.53. The number of likely N-dealkylation sites (tertiary alicyclic amines) is 1. The molecular weight excluding hydrogens is 412 g/mol. The molecule has 2 saturated heterocycles. The maximum Gasteiger partial charge on any atom is 0.410 e. The predicted molar refractivity (Wildman–Crippen MR) is 117 cm³/mol. The molecule has 3 fully saturated rings. The van der Waals surface area contributed by atoms with Crippen LogP contribution in [0.2, 0.25) is 0 Å². The first-order valence-corrected chi connectivity index (χ1v) is 11.4. The van der Waals surface area contributed by atoms with E-state index in [1.54, 1.807) is 10.4 Å². The number of carbonyl (C=O) groups is 3. The highest BCUT2D eigenvalue weighted by atomic mass is 16.6. The minimum absolute atomic E-state index is 0.162. The molecule has 4 rings (SSSR count). The quantitative estimate of drug-likeness (QED) is 0.531. The van der Waals surface area contributed by atoms with Crippen molar-refractivity contribution in [1.29, 1.82) is 0 Å². The molecule has 1 saturated carbocycles. The number of benzene rings is 1. The van der Waals surface area contributed by atoms with Crippen molar-refractivity contribution < 1.29 is 24.3 Å². The van der Waals surface area contributed by atoms with Crippen LogP contribution in [0.1, 0.15) is 32.6 Å². The van der Waals surface area contributed by atoms with Crippen molar-refractivity contribution in [3.8, 4) is 0 Å². The molecule has 1 aromatic rings. The summed E-state index contributed by atoms with van der Waals surface area (Å²) in [6, 6.07) is 9.06. The normalized spacial score (nSPS) is 24.2. The Balaban J connectivity index is 1.52. The molecule has 2 aliphatic heterocycles. The van der Waals surface area contributed by atoms with E-state index in [-0.39, 0.29) is 17.9 Å². The minimum Gasteiger partial charge on any atom is -0.449 e. The molecular formula is C23H32N4O5. The number of nitrogens with zero attached hydrogens (tertiary/aromatic N) is 3. The lowest BCUT2D eigenvalue weighted by atomic mass is 9.80. The number of rotatable bonds is 5. The lowest BCUT2D eigenvalue weighted by Crippen LogP contribution is -2.63. The maximum absolute atomic E-state index is 13.6. The van der Waals surface area contributed by atoms with Gasteiger partial charge in [0, 0.05) is 38.4 Å². The number of nitrogens with one attached hydrogen (secondary N) is 1. The molecule has 3 aliphatic rings. The predicted octanol–water partition coefficient (Wildman–Crippen LogP) is 1.86. The van der Waals surface area contributed by atoms with E-state index in [0.717, 1.165) is 18.5 Å². The molecule has 0 bridgehead atoms. The van der Waals surface area contributed by atoms with E-state index in [9.17, 15) is 19.6 Å². The summed E-state index contributed by atoms with van der Waals surface area (Å²) >= 11 is 0. The van der Waals surface area contributed by atoms with Crippen LogP contribution in [-0.4, -0.2) is 78.3 Å². The Labute approximate surface area is 188 Å².